The van der Waals surface area contributed by atoms with Crippen LogP contribution in [-0.4, -0.2) is 40.8 Å². The zero-order chi connectivity index (χ0) is 14.9. The summed E-state index contributed by atoms with van der Waals surface area (Å²) >= 11 is 0. The highest BCUT2D eigenvalue weighted by Crippen LogP contribution is 2.18. The molecule has 0 aliphatic carbocycles. The lowest BCUT2D eigenvalue weighted by atomic mass is 10.1. The topological polar surface area (TPSA) is 54.0 Å². The Kier molecular flexibility index (Phi) is 9.12. The van der Waals surface area contributed by atoms with E-state index >= 15 is 0 Å². The Labute approximate surface area is 117 Å². The number of ketones is 1. The number of Topliss-reactive ketones (excluding diaryl/α,β-unsaturated/α-hetero) is 1. The molecule has 0 amide bonds. The number of carbonyl (C=O) groups excluding carboxylic acids is 1. The highest BCUT2D eigenvalue weighted by atomic mass is 28.4. The van der Waals surface area contributed by atoms with Crippen LogP contribution in [0.5, 0.6) is 0 Å². The zero-order valence-corrected chi connectivity index (χ0v) is 13.7. The third-order valence-corrected chi connectivity index (χ3v) is 4.83. The van der Waals surface area contributed by atoms with Crippen LogP contribution < -0.4 is 0 Å². The minimum Gasteiger partial charge on any atom is -0.351 e. The van der Waals surface area contributed by atoms with Gasteiger partial charge in [0.25, 0.3) is 0 Å². The van der Waals surface area contributed by atoms with Gasteiger partial charge in [0.2, 0.25) is 0 Å². The van der Waals surface area contributed by atoms with Crippen molar-refractivity contribution in [1.82, 2.24) is 0 Å². The summed E-state index contributed by atoms with van der Waals surface area (Å²) in [5.41, 5.74) is 0.458. The molecular weight excluding hydrogens is 264 g/mol. The van der Waals surface area contributed by atoms with Gasteiger partial charge in [-0.15, -0.1) is 0 Å². The van der Waals surface area contributed by atoms with Gasteiger partial charge in [0.05, 0.1) is 0 Å². The molecule has 1 unspecified atom stereocenters. The lowest BCUT2D eigenvalue weighted by Crippen LogP contribution is -2.53. The molecule has 112 valence electrons. The van der Waals surface area contributed by atoms with E-state index in [0.29, 0.717) is 31.8 Å². The molecule has 5 nitrogen and oxygen atoms in total. The van der Waals surface area contributed by atoms with Gasteiger partial charge < -0.3 is 17.7 Å². The van der Waals surface area contributed by atoms with Gasteiger partial charge in [-0.05, 0) is 39.7 Å². The second kappa shape index (κ2) is 9.38. The van der Waals surface area contributed by atoms with Crippen LogP contribution in [0, 0.1) is 0 Å². The molecule has 6 heteroatoms. The van der Waals surface area contributed by atoms with Crippen LogP contribution in [0.4, 0.5) is 0 Å². The standard InChI is InChI=1S/C13H26O5Si/c1-7-12(13(14)11(5)6)18-19(15-8-2,16-9-3)17-10-4/h12H,5,7-10H2,1-4,6H3. The first-order valence-electron chi connectivity index (χ1n) is 6.75. The van der Waals surface area contributed by atoms with E-state index in [9.17, 15) is 4.79 Å². The molecule has 0 rings (SSSR count). The first-order valence-corrected chi connectivity index (χ1v) is 8.38. The van der Waals surface area contributed by atoms with Crippen molar-refractivity contribution in [3.05, 3.63) is 12.2 Å². The van der Waals surface area contributed by atoms with Crippen molar-refractivity contribution in [2.45, 2.75) is 47.1 Å². The Morgan fingerprint density at radius 2 is 1.47 bits per heavy atom. The van der Waals surface area contributed by atoms with Gasteiger partial charge in [0, 0.05) is 19.8 Å². The number of carbonyl (C=O) groups is 1. The lowest BCUT2D eigenvalue weighted by molar-refractivity contribution is -0.128. The van der Waals surface area contributed by atoms with Crippen LogP contribution in [0.3, 0.4) is 0 Å². The van der Waals surface area contributed by atoms with Crippen molar-refractivity contribution >= 4 is 14.8 Å². The van der Waals surface area contributed by atoms with E-state index in [1.54, 1.807) is 6.92 Å². The van der Waals surface area contributed by atoms with Gasteiger partial charge in [-0.2, -0.15) is 0 Å². The molecular formula is C13H26O5Si. The van der Waals surface area contributed by atoms with E-state index in [1.165, 1.54) is 0 Å². The Bertz CT molecular complexity index is 276. The fourth-order valence-electron chi connectivity index (χ4n) is 1.53. The predicted octanol–water partition coefficient (Wildman–Crippen LogP) is 2.47. The summed E-state index contributed by atoms with van der Waals surface area (Å²) in [6.07, 6.45) is -0.109. The molecule has 0 N–H and O–H groups in total. The highest BCUT2D eigenvalue weighted by Gasteiger charge is 2.48. The van der Waals surface area contributed by atoms with Crippen molar-refractivity contribution < 1.29 is 22.5 Å². The minimum atomic E-state index is -3.25. The largest absolute Gasteiger partial charge is 0.680 e. The van der Waals surface area contributed by atoms with Crippen LogP contribution in [-0.2, 0) is 22.5 Å². The molecule has 0 bridgehead atoms. The molecule has 0 aromatic heterocycles. The quantitative estimate of drug-likeness (QED) is 0.432. The summed E-state index contributed by atoms with van der Waals surface area (Å²) in [7, 11) is -3.25. The molecule has 0 aliphatic rings. The van der Waals surface area contributed by atoms with Crippen molar-refractivity contribution in [3.63, 3.8) is 0 Å². The first kappa shape index (κ1) is 18.5. The maximum absolute atomic E-state index is 12.0. The van der Waals surface area contributed by atoms with E-state index < -0.39 is 15.2 Å². The number of rotatable bonds is 11. The lowest BCUT2D eigenvalue weighted by Gasteiger charge is -2.30. The third-order valence-electron chi connectivity index (χ3n) is 2.33. The highest BCUT2D eigenvalue weighted by molar-refractivity contribution is 6.53. The van der Waals surface area contributed by atoms with Gasteiger partial charge in [0.15, 0.2) is 5.78 Å². The molecule has 0 radical (unpaired) electrons. The monoisotopic (exact) mass is 290 g/mol. The van der Waals surface area contributed by atoms with Crippen molar-refractivity contribution in [2.75, 3.05) is 19.8 Å². The average Bonchev–Trinajstić information content (AvgIpc) is 2.36. The van der Waals surface area contributed by atoms with E-state index in [1.807, 2.05) is 27.7 Å². The fourth-order valence-corrected chi connectivity index (χ4v) is 3.67. The van der Waals surface area contributed by atoms with Gasteiger partial charge in [-0.3, -0.25) is 4.79 Å². The van der Waals surface area contributed by atoms with Crippen molar-refractivity contribution in [3.8, 4) is 0 Å². The van der Waals surface area contributed by atoms with Gasteiger partial charge in [0.1, 0.15) is 6.10 Å². The van der Waals surface area contributed by atoms with Crippen LogP contribution in [0.1, 0.15) is 41.0 Å². The Balaban J connectivity index is 5.02. The molecule has 0 spiro atoms. The Morgan fingerprint density at radius 1 is 1.05 bits per heavy atom. The molecule has 0 fully saturated rings. The zero-order valence-electron chi connectivity index (χ0n) is 12.7. The Morgan fingerprint density at radius 3 is 1.74 bits per heavy atom. The average molecular weight is 290 g/mol. The van der Waals surface area contributed by atoms with E-state index in [-0.39, 0.29) is 5.78 Å². The van der Waals surface area contributed by atoms with Crippen LogP contribution in [0.2, 0.25) is 0 Å². The van der Waals surface area contributed by atoms with Crippen molar-refractivity contribution in [2.24, 2.45) is 0 Å². The summed E-state index contributed by atoms with van der Waals surface area (Å²) in [4.78, 5) is 12.0. The first-order chi connectivity index (χ1) is 8.96. The molecule has 19 heavy (non-hydrogen) atoms. The minimum absolute atomic E-state index is 0.140. The third kappa shape index (κ3) is 5.97. The molecule has 0 aliphatic heterocycles. The maximum atomic E-state index is 12.0. The molecule has 0 aromatic rings. The molecule has 1 atom stereocenters. The van der Waals surface area contributed by atoms with Crippen LogP contribution >= 0.6 is 0 Å². The molecule has 0 aromatic carbocycles. The van der Waals surface area contributed by atoms with Crippen LogP contribution in [0.15, 0.2) is 12.2 Å². The summed E-state index contributed by atoms with van der Waals surface area (Å²) in [5, 5.41) is 0. The second-order valence-electron chi connectivity index (χ2n) is 3.96. The van der Waals surface area contributed by atoms with E-state index in [4.69, 9.17) is 17.7 Å². The summed E-state index contributed by atoms with van der Waals surface area (Å²) in [5.74, 6) is -0.140. The normalized spacial score (nSPS) is 13.3. The summed E-state index contributed by atoms with van der Waals surface area (Å²) < 4.78 is 22.5. The van der Waals surface area contributed by atoms with E-state index in [0.717, 1.165) is 0 Å². The predicted molar refractivity (Wildman–Crippen MR) is 75.6 cm³/mol. The smallest absolute Gasteiger partial charge is 0.351 e. The summed E-state index contributed by atoms with van der Waals surface area (Å²) in [6.45, 7) is 13.9. The van der Waals surface area contributed by atoms with Crippen molar-refractivity contribution in [1.29, 1.82) is 0 Å². The van der Waals surface area contributed by atoms with Gasteiger partial charge in [-0.25, -0.2) is 0 Å². The molecule has 0 saturated carbocycles. The fraction of sp³-hybridized carbons (Fsp3) is 0.769. The van der Waals surface area contributed by atoms with Crippen LogP contribution in [0.25, 0.3) is 0 Å². The Hall–Kier alpha value is -0.533. The molecule has 0 saturated heterocycles. The SMILES string of the molecule is C=C(C)C(=O)C(CC)O[Si](OCC)(OCC)OCC. The maximum Gasteiger partial charge on any atom is 0.680 e. The van der Waals surface area contributed by atoms with Gasteiger partial charge in [-0.1, -0.05) is 13.5 Å². The number of hydrogen-bond donors (Lipinski definition) is 0. The second-order valence-corrected chi connectivity index (χ2v) is 6.06. The summed E-state index contributed by atoms with van der Waals surface area (Å²) in [6, 6.07) is 0. The number of hydrogen-bond acceptors (Lipinski definition) is 5. The van der Waals surface area contributed by atoms with E-state index in [2.05, 4.69) is 6.58 Å². The molecule has 0 heterocycles. The van der Waals surface area contributed by atoms with Gasteiger partial charge >= 0.3 is 9.05 Å².